The summed E-state index contributed by atoms with van der Waals surface area (Å²) in [7, 11) is 0. The minimum absolute atomic E-state index is 0.0259. The van der Waals surface area contributed by atoms with Gasteiger partial charge in [0.05, 0.1) is 10.5 Å². The summed E-state index contributed by atoms with van der Waals surface area (Å²) in [4.78, 5) is -1.08. The van der Waals surface area contributed by atoms with Crippen LogP contribution in [0.2, 0.25) is 0 Å². The zero-order valence-electron chi connectivity index (χ0n) is 17.3. The molecule has 1 saturated carbocycles. The van der Waals surface area contributed by atoms with Crippen LogP contribution >= 0.6 is 11.8 Å². The lowest BCUT2D eigenvalue weighted by atomic mass is 9.77. The van der Waals surface area contributed by atoms with Gasteiger partial charge in [-0.05, 0) is 60.9 Å². The Morgan fingerprint density at radius 3 is 2.13 bits per heavy atom. The molecule has 0 aliphatic heterocycles. The van der Waals surface area contributed by atoms with E-state index >= 15 is 0 Å². The number of nitriles is 1. The maximum Gasteiger partial charge on any atom is 0.177 e. The summed E-state index contributed by atoms with van der Waals surface area (Å²) in [5.74, 6) is -6.92. The van der Waals surface area contributed by atoms with Gasteiger partial charge in [0, 0.05) is 5.56 Å². The first kappa shape index (κ1) is 23.6. The molecular formula is C24H24F5NS. The van der Waals surface area contributed by atoms with Gasteiger partial charge >= 0.3 is 0 Å². The van der Waals surface area contributed by atoms with Crippen molar-refractivity contribution in [1.82, 2.24) is 0 Å². The van der Waals surface area contributed by atoms with Crippen molar-refractivity contribution in [3.8, 4) is 16.5 Å². The number of nitrogens with zero attached hydrogens (tertiary/aromatic N) is 1. The zero-order valence-corrected chi connectivity index (χ0v) is 18.1. The van der Waals surface area contributed by atoms with Crippen molar-refractivity contribution >= 4 is 11.8 Å². The number of hydrogen-bond donors (Lipinski definition) is 0. The highest BCUT2D eigenvalue weighted by Gasteiger charge is 2.29. The molecule has 0 spiro atoms. The Labute approximate surface area is 183 Å². The largest absolute Gasteiger partial charge is 0.206 e. The molecule has 2 aromatic carbocycles. The highest BCUT2D eigenvalue weighted by Crippen LogP contribution is 2.41. The number of halogens is 5. The number of rotatable bonds is 7. The van der Waals surface area contributed by atoms with Crippen LogP contribution in [0.25, 0.3) is 11.1 Å². The highest BCUT2D eigenvalue weighted by molar-refractivity contribution is 8.03. The molecule has 2 aromatic rings. The Bertz CT molecular complexity index is 948. The molecule has 3 rings (SSSR count). The fraction of sp³-hybridized carbons (Fsp3) is 0.458. The third kappa shape index (κ3) is 5.06. The quantitative estimate of drug-likeness (QED) is 0.138. The van der Waals surface area contributed by atoms with E-state index in [-0.39, 0.29) is 17.7 Å². The Morgan fingerprint density at radius 2 is 1.58 bits per heavy atom. The Balaban J connectivity index is 1.82. The molecule has 0 radical (unpaired) electrons. The molecule has 31 heavy (non-hydrogen) atoms. The third-order valence-corrected chi connectivity index (χ3v) is 6.82. The first-order chi connectivity index (χ1) is 14.9. The van der Waals surface area contributed by atoms with Crippen molar-refractivity contribution < 1.29 is 22.0 Å². The van der Waals surface area contributed by atoms with Gasteiger partial charge in [0.15, 0.2) is 23.3 Å². The molecule has 0 N–H and O–H groups in total. The number of thiocyanates is 1. The average Bonchev–Trinajstić information content (AvgIpc) is 2.77. The van der Waals surface area contributed by atoms with E-state index in [1.165, 1.54) is 43.2 Å². The van der Waals surface area contributed by atoms with E-state index in [2.05, 4.69) is 6.92 Å². The van der Waals surface area contributed by atoms with Crippen LogP contribution in [0, 0.1) is 45.7 Å². The summed E-state index contributed by atoms with van der Waals surface area (Å²) >= 11 is -0.0259. The standard InChI is InChI=1S/C24H24F5NS/c1-2-3-4-5-14-6-8-15(9-7-14)16-10-11-17(18(25)12-16)19-20(26)22(28)24(31-13-30)23(29)21(19)27/h10-12,14-15H,2-9H2,1H3. The Kier molecular flexibility index (Phi) is 7.99. The zero-order chi connectivity index (χ0) is 22.5. The summed E-state index contributed by atoms with van der Waals surface area (Å²) in [5.41, 5.74) is -0.911. The molecule has 1 aliphatic rings. The lowest BCUT2D eigenvalue weighted by Gasteiger charge is -2.29. The third-order valence-electron chi connectivity index (χ3n) is 6.17. The molecule has 0 amide bonds. The minimum atomic E-state index is -1.71. The second kappa shape index (κ2) is 10.5. The number of hydrogen-bond acceptors (Lipinski definition) is 2. The van der Waals surface area contributed by atoms with E-state index in [1.54, 1.807) is 6.07 Å². The Morgan fingerprint density at radius 1 is 0.935 bits per heavy atom. The summed E-state index contributed by atoms with van der Waals surface area (Å²) in [5, 5.41) is 9.96. The first-order valence-electron chi connectivity index (χ1n) is 10.6. The number of unbranched alkanes of at least 4 members (excludes halogenated alkanes) is 2. The minimum Gasteiger partial charge on any atom is -0.206 e. The van der Waals surface area contributed by atoms with Crippen LogP contribution in [0.15, 0.2) is 23.1 Å². The topological polar surface area (TPSA) is 23.8 Å². The van der Waals surface area contributed by atoms with Crippen molar-refractivity contribution in [2.45, 2.75) is 69.1 Å². The van der Waals surface area contributed by atoms with Gasteiger partial charge in [0.2, 0.25) is 0 Å². The first-order valence-corrected chi connectivity index (χ1v) is 11.4. The Hall–Kier alpha value is -2.07. The fourth-order valence-corrected chi connectivity index (χ4v) is 4.89. The van der Waals surface area contributed by atoms with Crippen molar-refractivity contribution in [3.05, 3.63) is 52.8 Å². The lowest BCUT2D eigenvalue weighted by molar-refractivity contribution is 0.302. The van der Waals surface area contributed by atoms with Gasteiger partial charge in [-0.1, -0.05) is 44.7 Å². The molecule has 1 aliphatic carbocycles. The predicted octanol–water partition coefficient (Wildman–Crippen LogP) is 8.48. The van der Waals surface area contributed by atoms with Gasteiger partial charge in [0.25, 0.3) is 0 Å². The maximum atomic E-state index is 14.8. The molecule has 166 valence electrons. The van der Waals surface area contributed by atoms with Crippen LogP contribution in [0.3, 0.4) is 0 Å². The van der Waals surface area contributed by atoms with E-state index in [0.717, 1.165) is 31.2 Å². The van der Waals surface area contributed by atoms with Gasteiger partial charge < -0.3 is 0 Å². The number of thioether (sulfide) groups is 1. The summed E-state index contributed by atoms with van der Waals surface area (Å²) in [6, 6.07) is 3.96. The summed E-state index contributed by atoms with van der Waals surface area (Å²) in [6.45, 7) is 2.18. The van der Waals surface area contributed by atoms with Crippen LogP contribution < -0.4 is 0 Å². The average molecular weight is 454 g/mol. The predicted molar refractivity (Wildman–Crippen MR) is 112 cm³/mol. The van der Waals surface area contributed by atoms with Crippen LogP contribution in [0.1, 0.15) is 69.8 Å². The normalized spacial score (nSPS) is 18.7. The highest BCUT2D eigenvalue weighted by atomic mass is 32.2. The van der Waals surface area contributed by atoms with Gasteiger partial charge in [0.1, 0.15) is 11.2 Å². The van der Waals surface area contributed by atoms with E-state index in [9.17, 15) is 22.0 Å². The molecule has 0 aromatic heterocycles. The van der Waals surface area contributed by atoms with E-state index in [1.807, 2.05) is 0 Å². The van der Waals surface area contributed by atoms with E-state index in [0.29, 0.717) is 5.92 Å². The molecule has 0 saturated heterocycles. The van der Waals surface area contributed by atoms with Crippen LogP contribution in [0.4, 0.5) is 22.0 Å². The molecule has 1 fully saturated rings. The fourth-order valence-electron chi connectivity index (χ4n) is 4.44. The second-order valence-corrected chi connectivity index (χ2v) is 8.90. The molecular weight excluding hydrogens is 429 g/mol. The van der Waals surface area contributed by atoms with Crippen molar-refractivity contribution in [2.24, 2.45) is 5.92 Å². The van der Waals surface area contributed by atoms with Crippen molar-refractivity contribution in [2.75, 3.05) is 0 Å². The van der Waals surface area contributed by atoms with Gasteiger partial charge in [-0.2, -0.15) is 5.26 Å². The van der Waals surface area contributed by atoms with Crippen molar-refractivity contribution in [1.29, 1.82) is 5.26 Å². The van der Waals surface area contributed by atoms with Crippen LogP contribution in [-0.2, 0) is 0 Å². The van der Waals surface area contributed by atoms with Crippen LogP contribution in [-0.4, -0.2) is 0 Å². The summed E-state index contributed by atoms with van der Waals surface area (Å²) in [6.07, 6.45) is 8.83. The summed E-state index contributed by atoms with van der Waals surface area (Å²) < 4.78 is 72.0. The molecule has 0 unspecified atom stereocenters. The molecule has 0 atom stereocenters. The monoisotopic (exact) mass is 453 g/mol. The molecule has 0 heterocycles. The maximum absolute atomic E-state index is 14.8. The molecule has 0 bridgehead atoms. The van der Waals surface area contributed by atoms with Gasteiger partial charge in [-0.3, -0.25) is 0 Å². The van der Waals surface area contributed by atoms with E-state index in [4.69, 9.17) is 5.26 Å². The lowest BCUT2D eigenvalue weighted by Crippen LogP contribution is -2.13. The molecule has 1 nitrogen and oxygen atoms in total. The smallest absolute Gasteiger partial charge is 0.177 e. The van der Waals surface area contributed by atoms with Gasteiger partial charge in [-0.25, -0.2) is 22.0 Å². The second-order valence-electron chi connectivity index (χ2n) is 8.11. The van der Waals surface area contributed by atoms with E-state index < -0.39 is 45.1 Å². The van der Waals surface area contributed by atoms with Gasteiger partial charge in [-0.15, -0.1) is 0 Å². The molecule has 7 heteroatoms. The number of benzene rings is 2. The van der Waals surface area contributed by atoms with Crippen molar-refractivity contribution in [3.63, 3.8) is 0 Å². The van der Waals surface area contributed by atoms with Crippen LogP contribution in [0.5, 0.6) is 0 Å². The SMILES string of the molecule is CCCCCC1CCC(c2ccc(-c3c(F)c(F)c(SC#N)c(F)c3F)c(F)c2)CC1.